The number of fused-ring (bicyclic) bond motifs is 7. The third-order valence-electron chi connectivity index (χ3n) is 6.14. The van der Waals surface area contributed by atoms with Crippen LogP contribution in [-0.4, -0.2) is 15.3 Å². The van der Waals surface area contributed by atoms with E-state index < -0.39 is 5.60 Å². The van der Waals surface area contributed by atoms with Crippen molar-refractivity contribution in [2.75, 3.05) is 5.75 Å². The Balaban J connectivity index is 1.71. The van der Waals surface area contributed by atoms with E-state index in [4.69, 9.17) is 16.3 Å². The quantitative estimate of drug-likeness (QED) is 0.396. The molecule has 30 heavy (non-hydrogen) atoms. The smallest absolute Gasteiger partial charge is 0.265 e. The van der Waals surface area contributed by atoms with Crippen LogP contribution in [0.3, 0.4) is 0 Å². The molecule has 0 amide bonds. The second-order valence-electron chi connectivity index (χ2n) is 7.79. The van der Waals surface area contributed by atoms with Crippen molar-refractivity contribution >= 4 is 34.4 Å². The zero-order chi connectivity index (χ0) is 20.5. The summed E-state index contributed by atoms with van der Waals surface area (Å²) in [5.74, 6) is 1.56. The standard InChI is InChI=1S/C24H17ClN2O2S/c1-24-17(15-9-5-11-18(25)20(15)29-24)13-30-21-16-10-6-12-26-22(16)27(23(28)19(21)24)14-7-3-2-4-8-14/h2-12,17H,13H2,1H3/t17-,24+/m1/s1. The zero-order valence-electron chi connectivity index (χ0n) is 16.1. The molecule has 4 heterocycles. The number of benzene rings is 2. The van der Waals surface area contributed by atoms with Crippen LogP contribution in [0.4, 0.5) is 0 Å². The summed E-state index contributed by atoms with van der Waals surface area (Å²) in [4.78, 5) is 19.5. The summed E-state index contributed by atoms with van der Waals surface area (Å²) in [5.41, 5.74) is 2.33. The van der Waals surface area contributed by atoms with Gasteiger partial charge >= 0.3 is 0 Å². The molecule has 0 saturated heterocycles. The van der Waals surface area contributed by atoms with Crippen molar-refractivity contribution in [3.8, 4) is 11.4 Å². The van der Waals surface area contributed by atoms with Gasteiger partial charge in [0.1, 0.15) is 17.0 Å². The lowest BCUT2D eigenvalue weighted by Crippen LogP contribution is -2.43. The third-order valence-corrected chi connectivity index (χ3v) is 7.65. The average Bonchev–Trinajstić information content (AvgIpc) is 3.08. The maximum Gasteiger partial charge on any atom is 0.265 e. The van der Waals surface area contributed by atoms with Gasteiger partial charge in [0.05, 0.1) is 16.3 Å². The minimum absolute atomic E-state index is 0.0507. The number of thioether (sulfide) groups is 1. The highest BCUT2D eigenvalue weighted by atomic mass is 35.5. The van der Waals surface area contributed by atoms with E-state index >= 15 is 0 Å². The van der Waals surface area contributed by atoms with E-state index in [1.165, 1.54) is 0 Å². The number of aromatic nitrogens is 2. The lowest BCUT2D eigenvalue weighted by molar-refractivity contribution is 0.0872. The van der Waals surface area contributed by atoms with Crippen LogP contribution >= 0.6 is 23.4 Å². The van der Waals surface area contributed by atoms with Crippen LogP contribution in [0.25, 0.3) is 16.7 Å². The molecule has 0 saturated carbocycles. The topological polar surface area (TPSA) is 44.1 Å². The van der Waals surface area contributed by atoms with Crippen molar-refractivity contribution in [2.45, 2.75) is 23.3 Å². The van der Waals surface area contributed by atoms with E-state index in [0.717, 1.165) is 27.3 Å². The van der Waals surface area contributed by atoms with Crippen molar-refractivity contribution in [1.82, 2.24) is 9.55 Å². The van der Waals surface area contributed by atoms with Crippen molar-refractivity contribution < 1.29 is 4.74 Å². The number of pyridine rings is 2. The summed E-state index contributed by atoms with van der Waals surface area (Å²) in [5, 5.41) is 1.55. The van der Waals surface area contributed by atoms with Crippen LogP contribution in [-0.2, 0) is 5.60 Å². The monoisotopic (exact) mass is 432 g/mol. The molecule has 0 bridgehead atoms. The highest BCUT2D eigenvalue weighted by molar-refractivity contribution is 7.99. The molecular formula is C24H17ClN2O2S. The molecule has 6 rings (SSSR count). The lowest BCUT2D eigenvalue weighted by atomic mass is 9.81. The van der Waals surface area contributed by atoms with Gasteiger partial charge in [0.2, 0.25) is 0 Å². The Labute approximate surface area is 182 Å². The average molecular weight is 433 g/mol. The number of nitrogens with zero attached hydrogens (tertiary/aromatic N) is 2. The number of rotatable bonds is 1. The maximum atomic E-state index is 14.0. The normalized spacial score (nSPS) is 21.6. The van der Waals surface area contributed by atoms with Crippen LogP contribution in [0.5, 0.6) is 5.75 Å². The minimum atomic E-state index is -0.786. The number of hydrogen-bond acceptors (Lipinski definition) is 4. The summed E-state index contributed by atoms with van der Waals surface area (Å²) in [7, 11) is 0. The molecule has 4 aromatic rings. The largest absolute Gasteiger partial charge is 0.480 e. The van der Waals surface area contributed by atoms with E-state index in [2.05, 4.69) is 11.1 Å². The minimum Gasteiger partial charge on any atom is -0.480 e. The molecule has 0 aliphatic carbocycles. The molecular weight excluding hydrogens is 416 g/mol. The van der Waals surface area contributed by atoms with Crippen LogP contribution in [0.2, 0.25) is 5.02 Å². The molecule has 0 fully saturated rings. The Morgan fingerprint density at radius 1 is 1.13 bits per heavy atom. The van der Waals surface area contributed by atoms with Crippen molar-refractivity contribution in [1.29, 1.82) is 0 Å². The molecule has 2 aliphatic rings. The van der Waals surface area contributed by atoms with Crippen LogP contribution in [0.1, 0.15) is 24.0 Å². The Morgan fingerprint density at radius 2 is 1.97 bits per heavy atom. The Morgan fingerprint density at radius 3 is 2.80 bits per heavy atom. The lowest BCUT2D eigenvalue weighted by Gasteiger charge is -2.37. The first kappa shape index (κ1) is 18.0. The summed E-state index contributed by atoms with van der Waals surface area (Å²) < 4.78 is 8.20. The molecule has 0 radical (unpaired) electrons. The molecule has 148 valence electrons. The van der Waals surface area contributed by atoms with Crippen LogP contribution in [0.15, 0.2) is 76.6 Å². The first-order valence-corrected chi connectivity index (χ1v) is 11.2. The summed E-state index contributed by atoms with van der Waals surface area (Å²) in [6.07, 6.45) is 1.73. The van der Waals surface area contributed by atoms with Gasteiger partial charge in [-0.1, -0.05) is 41.9 Å². The van der Waals surface area contributed by atoms with Gasteiger partial charge in [0.25, 0.3) is 5.56 Å². The first-order valence-electron chi connectivity index (χ1n) is 9.79. The van der Waals surface area contributed by atoms with Crippen molar-refractivity contribution in [2.24, 2.45) is 0 Å². The summed E-state index contributed by atoms with van der Waals surface area (Å²) >= 11 is 8.16. The molecule has 0 unspecified atom stereocenters. The molecule has 2 aliphatic heterocycles. The maximum absolute atomic E-state index is 14.0. The SMILES string of the molecule is C[C@]12Oc3c(Cl)cccc3[C@H]1CSc1c2c(=O)n(-c2ccccc2)c2ncccc12. The van der Waals surface area contributed by atoms with Crippen LogP contribution < -0.4 is 10.3 Å². The van der Waals surface area contributed by atoms with Gasteiger partial charge in [-0.2, -0.15) is 0 Å². The second kappa shape index (κ2) is 6.37. The highest BCUT2D eigenvalue weighted by Gasteiger charge is 2.52. The Hall–Kier alpha value is -2.76. The fourth-order valence-corrected chi connectivity index (χ4v) is 6.53. The summed E-state index contributed by atoms with van der Waals surface area (Å²) in [6, 6.07) is 19.4. The zero-order valence-corrected chi connectivity index (χ0v) is 17.7. The Bertz CT molecular complexity index is 1390. The molecule has 2 aromatic heterocycles. The van der Waals surface area contributed by atoms with E-state index in [9.17, 15) is 4.79 Å². The van der Waals surface area contributed by atoms with E-state index in [1.54, 1.807) is 22.5 Å². The van der Waals surface area contributed by atoms with Gasteiger partial charge in [0.15, 0.2) is 0 Å². The van der Waals surface area contributed by atoms with Gasteiger partial charge in [0, 0.05) is 33.7 Å². The van der Waals surface area contributed by atoms with Crippen molar-refractivity contribution in [3.05, 3.63) is 93.4 Å². The second-order valence-corrected chi connectivity index (χ2v) is 9.22. The number of para-hydroxylation sites is 2. The molecule has 2 atom stereocenters. The van der Waals surface area contributed by atoms with Crippen molar-refractivity contribution in [3.63, 3.8) is 0 Å². The van der Waals surface area contributed by atoms with Gasteiger partial charge in [-0.15, -0.1) is 11.8 Å². The fraction of sp³-hybridized carbons (Fsp3) is 0.167. The van der Waals surface area contributed by atoms with Gasteiger partial charge in [-0.3, -0.25) is 9.36 Å². The summed E-state index contributed by atoms with van der Waals surface area (Å²) in [6.45, 7) is 2.02. The van der Waals surface area contributed by atoms with Crippen LogP contribution in [0, 0.1) is 0 Å². The van der Waals surface area contributed by atoms with E-state index in [-0.39, 0.29) is 11.5 Å². The molecule has 4 nitrogen and oxygen atoms in total. The molecule has 0 N–H and O–H groups in total. The third kappa shape index (κ3) is 2.30. The number of halogens is 1. The predicted molar refractivity (Wildman–Crippen MR) is 120 cm³/mol. The first-order chi connectivity index (χ1) is 14.6. The van der Waals surface area contributed by atoms with Gasteiger partial charge < -0.3 is 4.74 Å². The van der Waals surface area contributed by atoms with E-state index in [0.29, 0.717) is 22.0 Å². The predicted octanol–water partition coefficient (Wildman–Crippen LogP) is 5.54. The number of ether oxygens (including phenoxy) is 1. The highest BCUT2D eigenvalue weighted by Crippen LogP contribution is 2.58. The van der Waals surface area contributed by atoms with E-state index in [1.807, 2.05) is 61.5 Å². The molecule has 6 heteroatoms. The Kier molecular flexibility index (Phi) is 3.83. The van der Waals surface area contributed by atoms with Gasteiger partial charge in [-0.05, 0) is 37.3 Å². The number of hydrogen-bond donors (Lipinski definition) is 0. The fourth-order valence-electron chi connectivity index (χ4n) is 4.72. The molecule has 0 spiro atoms. The van der Waals surface area contributed by atoms with Gasteiger partial charge in [-0.25, -0.2) is 4.98 Å². The molecule has 2 aromatic carbocycles.